The summed E-state index contributed by atoms with van der Waals surface area (Å²) in [5.41, 5.74) is 6.86. The Kier molecular flexibility index (Phi) is 4.95. The molecule has 0 saturated heterocycles. The van der Waals surface area contributed by atoms with Crippen LogP contribution in [0, 0.1) is 0 Å². The van der Waals surface area contributed by atoms with Crippen LogP contribution in [0.25, 0.3) is 0 Å². The molecule has 0 aromatic heterocycles. The summed E-state index contributed by atoms with van der Waals surface area (Å²) in [6, 6.07) is 7.52. The molecule has 0 radical (unpaired) electrons. The monoisotopic (exact) mass is 263 g/mol. The third-order valence-corrected chi connectivity index (χ3v) is 3.40. The zero-order valence-electron chi connectivity index (χ0n) is 12.6. The molecule has 2 N–H and O–H groups in total. The van der Waals surface area contributed by atoms with Crippen molar-refractivity contribution in [2.45, 2.75) is 19.3 Å². The van der Waals surface area contributed by atoms with Crippen LogP contribution in [0.15, 0.2) is 24.3 Å². The van der Waals surface area contributed by atoms with Gasteiger partial charge in [0.25, 0.3) is 0 Å². The van der Waals surface area contributed by atoms with Crippen LogP contribution >= 0.6 is 0 Å². The molecule has 4 nitrogen and oxygen atoms in total. The molecule has 0 aliphatic carbocycles. The minimum absolute atomic E-state index is 0.124. The summed E-state index contributed by atoms with van der Waals surface area (Å²) in [7, 11) is 5.86. The minimum atomic E-state index is -0.533. The van der Waals surface area contributed by atoms with E-state index in [4.69, 9.17) is 5.73 Å². The normalized spacial score (nSPS) is 11.7. The average Bonchev–Trinajstić information content (AvgIpc) is 2.35. The summed E-state index contributed by atoms with van der Waals surface area (Å²) < 4.78 is 0. The van der Waals surface area contributed by atoms with Crippen LogP contribution < -0.4 is 5.73 Å². The van der Waals surface area contributed by atoms with Gasteiger partial charge in [0.05, 0.1) is 5.41 Å². The van der Waals surface area contributed by atoms with E-state index in [0.717, 1.165) is 18.7 Å². The van der Waals surface area contributed by atoms with E-state index in [-0.39, 0.29) is 5.91 Å². The average molecular weight is 263 g/mol. The van der Waals surface area contributed by atoms with E-state index in [0.29, 0.717) is 5.69 Å². The Morgan fingerprint density at radius 3 is 2.11 bits per heavy atom. The van der Waals surface area contributed by atoms with Gasteiger partial charge < -0.3 is 15.5 Å². The van der Waals surface area contributed by atoms with Crippen molar-refractivity contribution in [2.75, 3.05) is 40.0 Å². The van der Waals surface area contributed by atoms with Gasteiger partial charge in [0.2, 0.25) is 5.91 Å². The first kappa shape index (κ1) is 15.5. The lowest BCUT2D eigenvalue weighted by Gasteiger charge is -2.30. The number of nitrogens with zero attached hydrogens (tertiary/aromatic N) is 2. The molecule has 1 aromatic carbocycles. The highest BCUT2D eigenvalue weighted by Gasteiger charge is 2.32. The molecule has 0 heterocycles. The van der Waals surface area contributed by atoms with E-state index in [1.807, 2.05) is 59.3 Å². The van der Waals surface area contributed by atoms with Gasteiger partial charge in [-0.2, -0.15) is 0 Å². The second-order valence-electron chi connectivity index (χ2n) is 5.78. The fourth-order valence-electron chi connectivity index (χ4n) is 1.95. The maximum absolute atomic E-state index is 12.5. The van der Waals surface area contributed by atoms with Gasteiger partial charge in [0.1, 0.15) is 0 Å². The van der Waals surface area contributed by atoms with E-state index >= 15 is 0 Å². The molecule has 106 valence electrons. The Morgan fingerprint density at radius 1 is 1.11 bits per heavy atom. The van der Waals surface area contributed by atoms with Crippen LogP contribution in [0.5, 0.6) is 0 Å². The summed E-state index contributed by atoms with van der Waals surface area (Å²) in [4.78, 5) is 16.4. The second-order valence-corrected chi connectivity index (χ2v) is 5.78. The van der Waals surface area contributed by atoms with Gasteiger partial charge in [-0.1, -0.05) is 12.1 Å². The van der Waals surface area contributed by atoms with E-state index < -0.39 is 5.41 Å². The lowest BCUT2D eigenvalue weighted by molar-refractivity contribution is -0.135. The molecule has 1 rings (SSSR count). The molecule has 1 amide bonds. The number of carbonyl (C=O) groups excluding carboxylic acids is 1. The number of benzene rings is 1. The lowest BCUT2D eigenvalue weighted by Crippen LogP contribution is -2.43. The van der Waals surface area contributed by atoms with E-state index in [2.05, 4.69) is 4.90 Å². The highest BCUT2D eigenvalue weighted by Crippen LogP contribution is 2.26. The molecule has 4 heteroatoms. The highest BCUT2D eigenvalue weighted by atomic mass is 16.2. The molecule has 0 aliphatic rings. The predicted octanol–water partition coefficient (Wildman–Crippen LogP) is 1.57. The third kappa shape index (κ3) is 3.96. The number of rotatable bonds is 5. The van der Waals surface area contributed by atoms with Crippen molar-refractivity contribution >= 4 is 11.6 Å². The number of nitrogen functional groups attached to an aromatic ring is 1. The number of hydrogen-bond donors (Lipinski definition) is 1. The summed E-state index contributed by atoms with van der Waals surface area (Å²) in [5, 5.41) is 0. The van der Waals surface area contributed by atoms with Crippen LogP contribution in [-0.2, 0) is 10.2 Å². The lowest BCUT2D eigenvalue weighted by atomic mass is 9.83. The molecule has 0 aliphatic heterocycles. The predicted molar refractivity (Wildman–Crippen MR) is 80.1 cm³/mol. The first-order valence-corrected chi connectivity index (χ1v) is 6.51. The van der Waals surface area contributed by atoms with Crippen molar-refractivity contribution in [3.05, 3.63) is 29.8 Å². The standard InChI is InChI=1S/C15H25N3O/c1-15(2,12-6-8-13(16)9-7-12)14(19)18(5)11-10-17(3)4/h6-9H,10-11,16H2,1-5H3. The van der Waals surface area contributed by atoms with Gasteiger partial charge in [-0.15, -0.1) is 0 Å². The van der Waals surface area contributed by atoms with Gasteiger partial charge in [-0.3, -0.25) is 4.79 Å². The van der Waals surface area contributed by atoms with Crippen LogP contribution in [0.4, 0.5) is 5.69 Å². The molecule has 0 atom stereocenters. The van der Waals surface area contributed by atoms with E-state index in [9.17, 15) is 4.79 Å². The molecule has 0 bridgehead atoms. The Hall–Kier alpha value is -1.55. The molecule has 0 spiro atoms. The molecule has 19 heavy (non-hydrogen) atoms. The van der Waals surface area contributed by atoms with Gasteiger partial charge in [-0.25, -0.2) is 0 Å². The largest absolute Gasteiger partial charge is 0.399 e. The van der Waals surface area contributed by atoms with Crippen LogP contribution in [0.2, 0.25) is 0 Å². The summed E-state index contributed by atoms with van der Waals surface area (Å²) >= 11 is 0. The zero-order chi connectivity index (χ0) is 14.6. The van der Waals surface area contributed by atoms with Gasteiger partial charge in [-0.05, 0) is 45.6 Å². The summed E-state index contributed by atoms with van der Waals surface area (Å²) in [6.45, 7) is 5.49. The quantitative estimate of drug-likeness (QED) is 0.820. The molecule has 1 aromatic rings. The summed E-state index contributed by atoms with van der Waals surface area (Å²) in [6.07, 6.45) is 0. The molecule has 0 unspecified atom stereocenters. The van der Waals surface area contributed by atoms with Crippen molar-refractivity contribution in [3.8, 4) is 0 Å². The van der Waals surface area contributed by atoms with Crippen LogP contribution in [0.3, 0.4) is 0 Å². The van der Waals surface area contributed by atoms with E-state index in [1.165, 1.54) is 0 Å². The van der Waals surface area contributed by atoms with Crippen molar-refractivity contribution in [3.63, 3.8) is 0 Å². The summed E-state index contributed by atoms with van der Waals surface area (Å²) in [5.74, 6) is 0.124. The molecular formula is C15H25N3O. The number of amides is 1. The second kappa shape index (κ2) is 6.06. The first-order chi connectivity index (χ1) is 8.75. The van der Waals surface area contributed by atoms with Gasteiger partial charge in [0.15, 0.2) is 0 Å². The molecule has 0 fully saturated rings. The maximum Gasteiger partial charge on any atom is 0.232 e. The number of nitrogens with two attached hydrogens (primary N) is 1. The van der Waals surface area contributed by atoms with Crippen molar-refractivity contribution in [1.29, 1.82) is 0 Å². The molecular weight excluding hydrogens is 238 g/mol. The first-order valence-electron chi connectivity index (χ1n) is 6.51. The van der Waals surface area contributed by atoms with Crippen LogP contribution in [0.1, 0.15) is 19.4 Å². The van der Waals surface area contributed by atoms with Crippen molar-refractivity contribution in [1.82, 2.24) is 9.80 Å². The fourth-order valence-corrected chi connectivity index (χ4v) is 1.95. The number of carbonyl (C=O) groups is 1. The third-order valence-electron chi connectivity index (χ3n) is 3.40. The maximum atomic E-state index is 12.5. The SMILES string of the molecule is CN(C)CCN(C)C(=O)C(C)(C)c1ccc(N)cc1. The Bertz CT molecular complexity index is 424. The number of hydrogen-bond acceptors (Lipinski definition) is 3. The zero-order valence-corrected chi connectivity index (χ0v) is 12.6. The fraction of sp³-hybridized carbons (Fsp3) is 0.533. The Labute approximate surface area is 116 Å². The number of anilines is 1. The van der Waals surface area contributed by atoms with Gasteiger partial charge >= 0.3 is 0 Å². The minimum Gasteiger partial charge on any atom is -0.399 e. The van der Waals surface area contributed by atoms with Crippen LogP contribution in [-0.4, -0.2) is 49.9 Å². The smallest absolute Gasteiger partial charge is 0.232 e. The van der Waals surface area contributed by atoms with E-state index in [1.54, 1.807) is 4.90 Å². The topological polar surface area (TPSA) is 49.6 Å². The molecule has 0 saturated carbocycles. The Balaban J connectivity index is 2.81. The van der Waals surface area contributed by atoms with Gasteiger partial charge in [0, 0.05) is 25.8 Å². The number of likely N-dealkylation sites (N-methyl/N-ethyl adjacent to an activating group) is 2. The highest BCUT2D eigenvalue weighted by molar-refractivity contribution is 5.87. The van der Waals surface area contributed by atoms with Crippen molar-refractivity contribution in [2.24, 2.45) is 0 Å². The van der Waals surface area contributed by atoms with Crippen molar-refractivity contribution < 1.29 is 4.79 Å². The Morgan fingerprint density at radius 2 is 1.63 bits per heavy atom.